The van der Waals surface area contributed by atoms with Crippen molar-refractivity contribution in [3.63, 3.8) is 0 Å². The lowest BCUT2D eigenvalue weighted by Gasteiger charge is -2.32. The molecule has 1 N–H and O–H groups in total. The lowest BCUT2D eigenvalue weighted by molar-refractivity contribution is -0.140. The van der Waals surface area contributed by atoms with Crippen molar-refractivity contribution in [3.05, 3.63) is 0 Å². The molecule has 0 spiro atoms. The van der Waals surface area contributed by atoms with Crippen LogP contribution in [-0.2, 0) is 4.79 Å². The molecule has 0 aliphatic carbocycles. The Morgan fingerprint density at radius 3 is 2.47 bits per heavy atom. The average molecular weight is 212 g/mol. The first-order valence-electron chi connectivity index (χ1n) is 5.71. The molecule has 1 rings (SSSR count). The van der Waals surface area contributed by atoms with E-state index < -0.39 is 0 Å². The van der Waals surface area contributed by atoms with Gasteiger partial charge in [-0.2, -0.15) is 0 Å². The molecule has 1 atom stereocenters. The van der Waals surface area contributed by atoms with E-state index in [1.165, 1.54) is 0 Å². The highest BCUT2D eigenvalue weighted by Crippen LogP contribution is 2.28. The molecule has 1 fully saturated rings. The molecule has 88 valence electrons. The molecule has 1 saturated heterocycles. The van der Waals surface area contributed by atoms with E-state index in [1.807, 2.05) is 11.9 Å². The number of carbonyl (C=O) groups is 1. The van der Waals surface area contributed by atoms with E-state index in [0.717, 1.165) is 26.1 Å². The summed E-state index contributed by atoms with van der Waals surface area (Å²) in [5.41, 5.74) is -0.00714. The fourth-order valence-corrected chi connectivity index (χ4v) is 2.24. The second kappa shape index (κ2) is 4.12. The van der Waals surface area contributed by atoms with Gasteiger partial charge in [0.05, 0.1) is 5.41 Å². The maximum atomic E-state index is 12.2. The van der Waals surface area contributed by atoms with Crippen LogP contribution in [-0.4, -0.2) is 37.5 Å². The zero-order chi connectivity index (χ0) is 11.7. The summed E-state index contributed by atoms with van der Waals surface area (Å²) in [6.07, 6.45) is 0.959. The Kier molecular flexibility index (Phi) is 3.44. The van der Waals surface area contributed by atoms with Gasteiger partial charge in [0, 0.05) is 20.1 Å². The highest BCUT2D eigenvalue weighted by molar-refractivity contribution is 5.82. The second-order valence-electron chi connectivity index (χ2n) is 6.21. The smallest absolute Gasteiger partial charge is 0.229 e. The van der Waals surface area contributed by atoms with Gasteiger partial charge >= 0.3 is 0 Å². The topological polar surface area (TPSA) is 32.3 Å². The number of hydrogen-bond acceptors (Lipinski definition) is 2. The molecule has 0 aromatic carbocycles. The fourth-order valence-electron chi connectivity index (χ4n) is 2.24. The Morgan fingerprint density at radius 1 is 1.47 bits per heavy atom. The second-order valence-corrected chi connectivity index (χ2v) is 6.21. The number of carbonyl (C=O) groups excluding carboxylic acids is 1. The molecular weight excluding hydrogens is 188 g/mol. The predicted octanol–water partition coefficient (Wildman–Crippen LogP) is 1.49. The van der Waals surface area contributed by atoms with Crippen molar-refractivity contribution in [2.45, 2.75) is 34.1 Å². The SMILES string of the molecule is CN(CC(C)(C)C)C(=O)C1(C)CCNC1. The number of nitrogens with one attached hydrogen (secondary N) is 1. The fraction of sp³-hybridized carbons (Fsp3) is 0.917. The van der Waals surface area contributed by atoms with Gasteiger partial charge in [-0.1, -0.05) is 20.8 Å². The monoisotopic (exact) mass is 212 g/mol. The summed E-state index contributed by atoms with van der Waals surface area (Å²) in [5, 5.41) is 3.26. The molecule has 0 bridgehead atoms. The van der Waals surface area contributed by atoms with Crippen LogP contribution in [0.5, 0.6) is 0 Å². The van der Waals surface area contributed by atoms with Crippen molar-refractivity contribution in [1.29, 1.82) is 0 Å². The minimum absolute atomic E-state index is 0.173. The van der Waals surface area contributed by atoms with Gasteiger partial charge in [0.1, 0.15) is 0 Å². The van der Waals surface area contributed by atoms with Crippen LogP contribution in [0.15, 0.2) is 0 Å². The highest BCUT2D eigenvalue weighted by Gasteiger charge is 2.38. The number of amides is 1. The van der Waals surface area contributed by atoms with E-state index in [2.05, 4.69) is 33.0 Å². The molecule has 1 aliphatic rings. The van der Waals surface area contributed by atoms with E-state index in [4.69, 9.17) is 0 Å². The third-order valence-corrected chi connectivity index (χ3v) is 2.94. The summed E-state index contributed by atoms with van der Waals surface area (Å²) < 4.78 is 0. The Morgan fingerprint density at radius 2 is 2.07 bits per heavy atom. The molecule has 0 aromatic rings. The zero-order valence-electron chi connectivity index (χ0n) is 10.7. The van der Waals surface area contributed by atoms with Gasteiger partial charge in [-0.3, -0.25) is 4.79 Å². The van der Waals surface area contributed by atoms with Gasteiger partial charge in [-0.25, -0.2) is 0 Å². The molecule has 0 saturated carbocycles. The van der Waals surface area contributed by atoms with Crippen LogP contribution in [0.4, 0.5) is 0 Å². The van der Waals surface area contributed by atoms with Gasteiger partial charge in [-0.05, 0) is 25.3 Å². The van der Waals surface area contributed by atoms with Crippen molar-refractivity contribution in [1.82, 2.24) is 10.2 Å². The molecule has 0 aromatic heterocycles. The lowest BCUT2D eigenvalue weighted by Crippen LogP contribution is -2.44. The number of rotatable bonds is 2. The molecule has 3 heteroatoms. The predicted molar refractivity (Wildman–Crippen MR) is 62.7 cm³/mol. The minimum Gasteiger partial charge on any atom is -0.345 e. The number of nitrogens with zero attached hydrogens (tertiary/aromatic N) is 1. The van der Waals surface area contributed by atoms with Gasteiger partial charge in [0.25, 0.3) is 0 Å². The first-order valence-corrected chi connectivity index (χ1v) is 5.71. The van der Waals surface area contributed by atoms with Crippen LogP contribution in [0, 0.1) is 10.8 Å². The third-order valence-electron chi connectivity index (χ3n) is 2.94. The molecule has 15 heavy (non-hydrogen) atoms. The quantitative estimate of drug-likeness (QED) is 0.752. The van der Waals surface area contributed by atoms with Crippen molar-refractivity contribution in [3.8, 4) is 0 Å². The zero-order valence-corrected chi connectivity index (χ0v) is 10.7. The van der Waals surface area contributed by atoms with Crippen LogP contribution >= 0.6 is 0 Å². The van der Waals surface area contributed by atoms with E-state index in [-0.39, 0.29) is 16.7 Å². The maximum Gasteiger partial charge on any atom is 0.229 e. The number of hydrogen-bond donors (Lipinski definition) is 1. The third kappa shape index (κ3) is 3.20. The molecule has 3 nitrogen and oxygen atoms in total. The van der Waals surface area contributed by atoms with Gasteiger partial charge < -0.3 is 10.2 Å². The van der Waals surface area contributed by atoms with Crippen LogP contribution in [0.3, 0.4) is 0 Å². The molecule has 1 aliphatic heterocycles. The van der Waals surface area contributed by atoms with Crippen LogP contribution < -0.4 is 5.32 Å². The van der Waals surface area contributed by atoms with Gasteiger partial charge in [-0.15, -0.1) is 0 Å². The summed E-state index contributed by atoms with van der Waals surface area (Å²) in [7, 11) is 1.91. The van der Waals surface area contributed by atoms with Crippen LogP contribution in [0.2, 0.25) is 0 Å². The molecule has 1 heterocycles. The van der Waals surface area contributed by atoms with Crippen molar-refractivity contribution in [2.75, 3.05) is 26.7 Å². The molecule has 1 unspecified atom stereocenters. The summed E-state index contributed by atoms with van der Waals surface area (Å²) in [4.78, 5) is 14.1. The summed E-state index contributed by atoms with van der Waals surface area (Å²) in [6.45, 7) is 11.1. The summed E-state index contributed by atoms with van der Waals surface area (Å²) >= 11 is 0. The molecule has 0 radical (unpaired) electrons. The van der Waals surface area contributed by atoms with E-state index in [9.17, 15) is 4.79 Å². The summed E-state index contributed by atoms with van der Waals surface area (Å²) in [5.74, 6) is 0.280. The Balaban J connectivity index is 2.60. The molecular formula is C12H24N2O. The minimum atomic E-state index is -0.181. The van der Waals surface area contributed by atoms with E-state index >= 15 is 0 Å². The van der Waals surface area contributed by atoms with Gasteiger partial charge in [0.2, 0.25) is 5.91 Å². The Bertz CT molecular complexity index is 236. The standard InChI is InChI=1S/C12H24N2O/c1-11(2,3)9-14(5)10(15)12(4)6-7-13-8-12/h13H,6-9H2,1-5H3. The van der Waals surface area contributed by atoms with Crippen molar-refractivity contribution in [2.24, 2.45) is 10.8 Å². The van der Waals surface area contributed by atoms with Crippen LogP contribution in [0.1, 0.15) is 34.1 Å². The normalized spacial score (nSPS) is 26.7. The summed E-state index contributed by atoms with van der Waals surface area (Å²) in [6, 6.07) is 0. The first kappa shape index (κ1) is 12.5. The Hall–Kier alpha value is -0.570. The average Bonchev–Trinajstić information content (AvgIpc) is 2.49. The van der Waals surface area contributed by atoms with Crippen molar-refractivity contribution < 1.29 is 4.79 Å². The van der Waals surface area contributed by atoms with Crippen molar-refractivity contribution >= 4 is 5.91 Å². The van der Waals surface area contributed by atoms with E-state index in [1.54, 1.807) is 0 Å². The van der Waals surface area contributed by atoms with E-state index in [0.29, 0.717) is 0 Å². The maximum absolute atomic E-state index is 12.2. The lowest BCUT2D eigenvalue weighted by atomic mass is 9.87. The first-order chi connectivity index (χ1) is 6.75. The highest BCUT2D eigenvalue weighted by atomic mass is 16.2. The Labute approximate surface area is 93.2 Å². The van der Waals surface area contributed by atoms with Gasteiger partial charge in [0.15, 0.2) is 0 Å². The largest absolute Gasteiger partial charge is 0.345 e. The van der Waals surface area contributed by atoms with Crippen LogP contribution in [0.25, 0.3) is 0 Å². The molecule has 1 amide bonds.